The summed E-state index contributed by atoms with van der Waals surface area (Å²) in [6.07, 6.45) is 4.09. The topological polar surface area (TPSA) is 41.5 Å². The number of nitrogens with zero attached hydrogens (tertiary/aromatic N) is 4. The highest BCUT2D eigenvalue weighted by molar-refractivity contribution is 6.32. The number of rotatable bonds is 5. The van der Waals surface area contributed by atoms with E-state index in [0.29, 0.717) is 17.5 Å². The number of anilines is 2. The van der Waals surface area contributed by atoms with E-state index in [-0.39, 0.29) is 0 Å². The second-order valence-electron chi connectivity index (χ2n) is 6.30. The number of benzene rings is 1. The Hall–Kier alpha value is -2.01. The van der Waals surface area contributed by atoms with Crippen molar-refractivity contribution in [3.63, 3.8) is 0 Å². The molecule has 1 aromatic carbocycles. The SMILES string of the molecule is CN(C)c1ccnc(N2CCCC(COc3ccccc3Cl)C2)n1. The third-order valence-corrected chi connectivity index (χ3v) is 4.51. The summed E-state index contributed by atoms with van der Waals surface area (Å²) in [6.45, 7) is 2.55. The third kappa shape index (κ3) is 4.09. The first kappa shape index (κ1) is 16.8. The molecule has 0 radical (unpaired) electrons. The second-order valence-corrected chi connectivity index (χ2v) is 6.71. The molecule has 1 fully saturated rings. The van der Waals surface area contributed by atoms with Crippen LogP contribution in [-0.4, -0.2) is 43.8 Å². The van der Waals surface area contributed by atoms with E-state index in [0.717, 1.165) is 43.4 Å². The van der Waals surface area contributed by atoms with Crippen LogP contribution in [0.25, 0.3) is 0 Å². The molecule has 1 aromatic heterocycles. The molecular formula is C18H23ClN4O. The lowest BCUT2D eigenvalue weighted by molar-refractivity contribution is 0.228. The Morgan fingerprint density at radius 2 is 2.12 bits per heavy atom. The fourth-order valence-electron chi connectivity index (χ4n) is 2.89. The van der Waals surface area contributed by atoms with Gasteiger partial charge in [-0.25, -0.2) is 4.98 Å². The number of piperidine rings is 1. The first-order valence-corrected chi connectivity index (χ1v) is 8.64. The number of aromatic nitrogens is 2. The van der Waals surface area contributed by atoms with E-state index in [9.17, 15) is 0 Å². The monoisotopic (exact) mass is 346 g/mol. The molecular weight excluding hydrogens is 324 g/mol. The molecule has 2 heterocycles. The molecule has 0 bridgehead atoms. The highest BCUT2D eigenvalue weighted by atomic mass is 35.5. The number of hydrogen-bond acceptors (Lipinski definition) is 5. The average Bonchev–Trinajstić information content (AvgIpc) is 2.61. The Morgan fingerprint density at radius 1 is 1.29 bits per heavy atom. The molecule has 5 nitrogen and oxygen atoms in total. The van der Waals surface area contributed by atoms with Crippen LogP contribution in [0.5, 0.6) is 5.75 Å². The van der Waals surface area contributed by atoms with Gasteiger partial charge in [-0.05, 0) is 31.0 Å². The minimum atomic E-state index is 0.446. The summed E-state index contributed by atoms with van der Waals surface area (Å²) in [6, 6.07) is 9.53. The van der Waals surface area contributed by atoms with Gasteiger partial charge in [-0.2, -0.15) is 4.98 Å². The van der Waals surface area contributed by atoms with E-state index in [2.05, 4.69) is 14.9 Å². The highest BCUT2D eigenvalue weighted by Gasteiger charge is 2.23. The van der Waals surface area contributed by atoms with Gasteiger partial charge in [0.25, 0.3) is 0 Å². The number of ether oxygens (including phenoxy) is 1. The van der Waals surface area contributed by atoms with Gasteiger partial charge in [0.2, 0.25) is 5.95 Å². The van der Waals surface area contributed by atoms with Gasteiger partial charge >= 0.3 is 0 Å². The fourth-order valence-corrected chi connectivity index (χ4v) is 3.08. The van der Waals surface area contributed by atoms with Gasteiger partial charge < -0.3 is 14.5 Å². The van der Waals surface area contributed by atoms with Gasteiger partial charge in [0, 0.05) is 39.3 Å². The lowest BCUT2D eigenvalue weighted by Gasteiger charge is -2.33. The summed E-state index contributed by atoms with van der Waals surface area (Å²) in [5.41, 5.74) is 0. The summed E-state index contributed by atoms with van der Waals surface area (Å²) in [7, 11) is 3.98. The molecule has 0 spiro atoms. The van der Waals surface area contributed by atoms with Crippen molar-refractivity contribution in [3.05, 3.63) is 41.6 Å². The first-order chi connectivity index (χ1) is 11.6. The molecule has 1 atom stereocenters. The molecule has 0 saturated carbocycles. The van der Waals surface area contributed by atoms with Crippen molar-refractivity contribution >= 4 is 23.4 Å². The van der Waals surface area contributed by atoms with Crippen LogP contribution in [-0.2, 0) is 0 Å². The van der Waals surface area contributed by atoms with E-state index in [1.807, 2.05) is 55.5 Å². The molecule has 1 aliphatic heterocycles. The van der Waals surface area contributed by atoms with Crippen LogP contribution in [0, 0.1) is 5.92 Å². The Kier molecular flexibility index (Phi) is 5.41. The first-order valence-electron chi connectivity index (χ1n) is 8.26. The van der Waals surface area contributed by atoms with Crippen LogP contribution in [0.1, 0.15) is 12.8 Å². The van der Waals surface area contributed by atoms with Gasteiger partial charge in [-0.1, -0.05) is 23.7 Å². The van der Waals surface area contributed by atoms with E-state index in [1.54, 1.807) is 0 Å². The Labute approximate surface area is 148 Å². The number of para-hydroxylation sites is 1. The molecule has 1 aliphatic rings. The lowest BCUT2D eigenvalue weighted by atomic mass is 9.99. The van der Waals surface area contributed by atoms with Crippen molar-refractivity contribution in [2.45, 2.75) is 12.8 Å². The zero-order chi connectivity index (χ0) is 16.9. The third-order valence-electron chi connectivity index (χ3n) is 4.20. The molecule has 0 aliphatic carbocycles. The summed E-state index contributed by atoms with van der Waals surface area (Å²) in [5.74, 6) is 2.92. The Bertz CT molecular complexity index is 680. The predicted molar refractivity (Wildman–Crippen MR) is 98.2 cm³/mol. The van der Waals surface area contributed by atoms with Crippen LogP contribution in [0.3, 0.4) is 0 Å². The molecule has 128 valence electrons. The maximum Gasteiger partial charge on any atom is 0.227 e. The lowest BCUT2D eigenvalue weighted by Crippen LogP contribution is -2.38. The maximum atomic E-state index is 6.15. The minimum absolute atomic E-state index is 0.446. The van der Waals surface area contributed by atoms with E-state index in [1.165, 1.54) is 0 Å². The zero-order valence-corrected chi connectivity index (χ0v) is 14.9. The quantitative estimate of drug-likeness (QED) is 0.829. The van der Waals surface area contributed by atoms with Crippen molar-refractivity contribution in [1.82, 2.24) is 9.97 Å². The molecule has 1 saturated heterocycles. The van der Waals surface area contributed by atoms with Crippen molar-refractivity contribution in [3.8, 4) is 5.75 Å². The van der Waals surface area contributed by atoms with Crippen LogP contribution in [0.15, 0.2) is 36.5 Å². The maximum absolute atomic E-state index is 6.15. The summed E-state index contributed by atoms with van der Waals surface area (Å²) < 4.78 is 5.91. The summed E-state index contributed by atoms with van der Waals surface area (Å²) >= 11 is 6.15. The molecule has 1 unspecified atom stereocenters. The molecule has 0 amide bonds. The van der Waals surface area contributed by atoms with Gasteiger partial charge in [0.05, 0.1) is 11.6 Å². The van der Waals surface area contributed by atoms with Gasteiger partial charge in [0.1, 0.15) is 11.6 Å². The normalized spacial score (nSPS) is 17.6. The standard InChI is InChI=1S/C18H23ClN4O/c1-22(2)17-9-10-20-18(21-17)23-11-5-6-14(12-23)13-24-16-8-4-3-7-15(16)19/h3-4,7-10,14H,5-6,11-13H2,1-2H3. The Balaban J connectivity index is 1.62. The number of hydrogen-bond donors (Lipinski definition) is 0. The Morgan fingerprint density at radius 3 is 2.92 bits per heavy atom. The van der Waals surface area contributed by atoms with E-state index < -0.39 is 0 Å². The van der Waals surface area contributed by atoms with Crippen LogP contribution < -0.4 is 14.5 Å². The molecule has 2 aromatic rings. The smallest absolute Gasteiger partial charge is 0.227 e. The molecule has 6 heteroatoms. The van der Waals surface area contributed by atoms with Gasteiger partial charge in [-0.3, -0.25) is 0 Å². The molecule has 0 N–H and O–H groups in total. The number of halogens is 1. The average molecular weight is 347 g/mol. The fraction of sp³-hybridized carbons (Fsp3) is 0.444. The molecule has 3 rings (SSSR count). The predicted octanol–water partition coefficient (Wildman–Crippen LogP) is 3.49. The zero-order valence-electron chi connectivity index (χ0n) is 14.2. The van der Waals surface area contributed by atoms with Crippen molar-refractivity contribution < 1.29 is 4.74 Å². The summed E-state index contributed by atoms with van der Waals surface area (Å²) in [4.78, 5) is 13.3. The van der Waals surface area contributed by atoms with Crippen molar-refractivity contribution in [2.24, 2.45) is 5.92 Å². The van der Waals surface area contributed by atoms with E-state index >= 15 is 0 Å². The van der Waals surface area contributed by atoms with Gasteiger partial charge in [0.15, 0.2) is 0 Å². The van der Waals surface area contributed by atoms with Crippen LogP contribution in [0.2, 0.25) is 5.02 Å². The van der Waals surface area contributed by atoms with Crippen molar-refractivity contribution in [1.29, 1.82) is 0 Å². The van der Waals surface area contributed by atoms with Crippen LogP contribution >= 0.6 is 11.6 Å². The van der Waals surface area contributed by atoms with Crippen LogP contribution in [0.4, 0.5) is 11.8 Å². The summed E-state index contributed by atoms with van der Waals surface area (Å²) in [5, 5.41) is 0.659. The minimum Gasteiger partial charge on any atom is -0.492 e. The van der Waals surface area contributed by atoms with Crippen molar-refractivity contribution in [2.75, 3.05) is 43.6 Å². The highest BCUT2D eigenvalue weighted by Crippen LogP contribution is 2.26. The van der Waals surface area contributed by atoms with E-state index in [4.69, 9.17) is 16.3 Å². The largest absolute Gasteiger partial charge is 0.492 e. The molecule has 24 heavy (non-hydrogen) atoms. The second kappa shape index (κ2) is 7.71. The van der Waals surface area contributed by atoms with Gasteiger partial charge in [-0.15, -0.1) is 0 Å².